The standard InChI is InChI=1S/C14H20N2O5S/c1-15(10-11-5-3-6-12(9-11)21-2)22(19,20)16-8-4-7-13(16)14(17)18/h3,5-6,9,13H,4,7-8,10H2,1-2H3,(H,17,18)/t13-/m0/s1. The lowest BCUT2D eigenvalue weighted by atomic mass is 10.2. The zero-order valence-electron chi connectivity index (χ0n) is 12.6. The molecule has 0 spiro atoms. The van der Waals surface area contributed by atoms with Crippen LogP contribution in [-0.4, -0.2) is 54.8 Å². The average molecular weight is 328 g/mol. The highest BCUT2D eigenvalue weighted by atomic mass is 32.2. The molecule has 0 saturated carbocycles. The van der Waals surface area contributed by atoms with Gasteiger partial charge in [-0.05, 0) is 30.5 Å². The van der Waals surface area contributed by atoms with Crippen molar-refractivity contribution < 1.29 is 23.1 Å². The third-order valence-electron chi connectivity index (χ3n) is 3.72. The number of hydrogen-bond donors (Lipinski definition) is 1. The Labute approximate surface area is 130 Å². The second-order valence-corrected chi connectivity index (χ2v) is 7.21. The number of aliphatic carboxylic acids is 1. The molecule has 2 rings (SSSR count). The van der Waals surface area contributed by atoms with E-state index in [-0.39, 0.29) is 13.1 Å². The van der Waals surface area contributed by atoms with Gasteiger partial charge in [-0.25, -0.2) is 0 Å². The largest absolute Gasteiger partial charge is 0.497 e. The minimum Gasteiger partial charge on any atom is -0.497 e. The molecule has 1 fully saturated rings. The number of methoxy groups -OCH3 is 1. The monoisotopic (exact) mass is 328 g/mol. The van der Waals surface area contributed by atoms with Crippen molar-refractivity contribution in [3.8, 4) is 5.75 Å². The van der Waals surface area contributed by atoms with E-state index >= 15 is 0 Å². The van der Waals surface area contributed by atoms with Gasteiger partial charge >= 0.3 is 5.97 Å². The molecule has 0 unspecified atom stereocenters. The summed E-state index contributed by atoms with van der Waals surface area (Å²) in [5.41, 5.74) is 0.775. The number of carbonyl (C=O) groups is 1. The third-order valence-corrected chi connectivity index (χ3v) is 5.66. The Kier molecular flexibility index (Phi) is 5.05. The SMILES string of the molecule is COc1cccc(CN(C)S(=O)(=O)N2CCC[C@H]2C(=O)O)c1. The number of rotatable bonds is 6. The maximum Gasteiger partial charge on any atom is 0.322 e. The molecule has 1 atom stereocenters. The number of benzene rings is 1. The second kappa shape index (κ2) is 6.64. The first-order chi connectivity index (χ1) is 10.4. The van der Waals surface area contributed by atoms with Crippen molar-refractivity contribution in [1.29, 1.82) is 0 Å². The maximum absolute atomic E-state index is 12.6. The lowest BCUT2D eigenvalue weighted by molar-refractivity contribution is -0.140. The minimum atomic E-state index is -3.81. The molecule has 8 heteroatoms. The van der Waals surface area contributed by atoms with E-state index in [0.29, 0.717) is 18.6 Å². The molecule has 7 nitrogen and oxygen atoms in total. The molecule has 122 valence electrons. The van der Waals surface area contributed by atoms with E-state index in [1.54, 1.807) is 31.4 Å². The number of hydrogen-bond acceptors (Lipinski definition) is 4. The predicted octanol–water partition coefficient (Wildman–Crippen LogP) is 0.921. The van der Waals surface area contributed by atoms with Crippen LogP contribution >= 0.6 is 0 Å². The number of nitrogens with zero attached hydrogens (tertiary/aromatic N) is 2. The van der Waals surface area contributed by atoms with Gasteiger partial charge in [0.2, 0.25) is 0 Å². The third kappa shape index (κ3) is 3.40. The molecule has 1 saturated heterocycles. The van der Waals surface area contributed by atoms with Crippen LogP contribution in [0.25, 0.3) is 0 Å². The van der Waals surface area contributed by atoms with E-state index in [2.05, 4.69) is 0 Å². The van der Waals surface area contributed by atoms with Crippen molar-refractivity contribution in [3.63, 3.8) is 0 Å². The minimum absolute atomic E-state index is 0.155. The molecule has 22 heavy (non-hydrogen) atoms. The van der Waals surface area contributed by atoms with Crippen molar-refractivity contribution in [3.05, 3.63) is 29.8 Å². The van der Waals surface area contributed by atoms with Gasteiger partial charge in [-0.3, -0.25) is 4.79 Å². The van der Waals surface area contributed by atoms with Gasteiger partial charge in [-0.2, -0.15) is 17.0 Å². The fourth-order valence-corrected chi connectivity index (χ4v) is 4.10. The Morgan fingerprint density at radius 1 is 1.50 bits per heavy atom. The van der Waals surface area contributed by atoms with Crippen LogP contribution in [0.1, 0.15) is 18.4 Å². The fraction of sp³-hybridized carbons (Fsp3) is 0.500. The van der Waals surface area contributed by atoms with Gasteiger partial charge in [0, 0.05) is 20.1 Å². The molecular weight excluding hydrogens is 308 g/mol. The van der Waals surface area contributed by atoms with Crippen LogP contribution in [-0.2, 0) is 21.5 Å². The van der Waals surface area contributed by atoms with E-state index < -0.39 is 22.2 Å². The average Bonchev–Trinajstić information content (AvgIpc) is 2.97. The molecule has 1 aromatic rings. The molecular formula is C14H20N2O5S. The van der Waals surface area contributed by atoms with Crippen LogP contribution in [0.3, 0.4) is 0 Å². The number of ether oxygens (including phenoxy) is 1. The summed E-state index contributed by atoms with van der Waals surface area (Å²) in [6.07, 6.45) is 0.907. The van der Waals surface area contributed by atoms with Crippen molar-refractivity contribution in [2.75, 3.05) is 20.7 Å². The first kappa shape index (κ1) is 16.7. The summed E-state index contributed by atoms with van der Waals surface area (Å²) < 4.78 is 32.5. The van der Waals surface area contributed by atoms with Crippen LogP contribution in [0.5, 0.6) is 5.75 Å². The smallest absolute Gasteiger partial charge is 0.322 e. The van der Waals surface area contributed by atoms with Crippen molar-refractivity contribution in [2.45, 2.75) is 25.4 Å². The first-order valence-corrected chi connectivity index (χ1v) is 8.35. The summed E-state index contributed by atoms with van der Waals surface area (Å²) in [6.45, 7) is 0.393. The van der Waals surface area contributed by atoms with Gasteiger partial charge in [0.25, 0.3) is 10.2 Å². The van der Waals surface area contributed by atoms with Gasteiger partial charge in [0.15, 0.2) is 0 Å². The van der Waals surface area contributed by atoms with Gasteiger partial charge in [-0.1, -0.05) is 12.1 Å². The predicted molar refractivity (Wildman–Crippen MR) is 80.7 cm³/mol. The summed E-state index contributed by atoms with van der Waals surface area (Å²) in [5, 5.41) is 9.15. The van der Waals surface area contributed by atoms with Gasteiger partial charge in [-0.15, -0.1) is 0 Å². The summed E-state index contributed by atoms with van der Waals surface area (Å²) in [5.74, 6) is -0.455. The first-order valence-electron chi connectivity index (χ1n) is 6.95. The van der Waals surface area contributed by atoms with E-state index in [9.17, 15) is 13.2 Å². The van der Waals surface area contributed by atoms with Crippen molar-refractivity contribution >= 4 is 16.2 Å². The van der Waals surface area contributed by atoms with E-state index in [1.165, 1.54) is 11.4 Å². The second-order valence-electron chi connectivity index (χ2n) is 5.22. The Hall–Kier alpha value is -1.64. The van der Waals surface area contributed by atoms with Gasteiger partial charge < -0.3 is 9.84 Å². The molecule has 0 bridgehead atoms. The Bertz CT molecular complexity index is 646. The number of carboxylic acid groups (broad SMARTS) is 1. The zero-order chi connectivity index (χ0) is 16.3. The molecule has 1 aliphatic heterocycles. The molecule has 0 amide bonds. The lowest BCUT2D eigenvalue weighted by Crippen LogP contribution is -2.46. The normalized spacial score (nSPS) is 19.5. The van der Waals surface area contributed by atoms with E-state index in [1.807, 2.05) is 0 Å². The highest BCUT2D eigenvalue weighted by Gasteiger charge is 2.40. The fourth-order valence-electron chi connectivity index (χ4n) is 2.55. The summed E-state index contributed by atoms with van der Waals surface area (Å²) in [4.78, 5) is 11.2. The quantitative estimate of drug-likeness (QED) is 0.839. The van der Waals surface area contributed by atoms with Crippen LogP contribution in [0, 0.1) is 0 Å². The van der Waals surface area contributed by atoms with Crippen LogP contribution in [0.15, 0.2) is 24.3 Å². The summed E-state index contributed by atoms with van der Waals surface area (Å²) in [7, 11) is -0.812. The Morgan fingerprint density at radius 2 is 2.23 bits per heavy atom. The summed E-state index contributed by atoms with van der Waals surface area (Å²) in [6, 6.07) is 6.14. The highest BCUT2D eigenvalue weighted by Crippen LogP contribution is 2.24. The van der Waals surface area contributed by atoms with Crippen molar-refractivity contribution in [2.24, 2.45) is 0 Å². The van der Waals surface area contributed by atoms with Crippen LogP contribution in [0.4, 0.5) is 0 Å². The lowest BCUT2D eigenvalue weighted by Gasteiger charge is -2.27. The van der Waals surface area contributed by atoms with Crippen LogP contribution in [0.2, 0.25) is 0 Å². The zero-order valence-corrected chi connectivity index (χ0v) is 13.4. The molecule has 0 aromatic heterocycles. The van der Waals surface area contributed by atoms with E-state index in [0.717, 1.165) is 9.87 Å². The highest BCUT2D eigenvalue weighted by molar-refractivity contribution is 7.86. The van der Waals surface area contributed by atoms with Gasteiger partial charge in [0.1, 0.15) is 11.8 Å². The Morgan fingerprint density at radius 3 is 2.86 bits per heavy atom. The van der Waals surface area contributed by atoms with Crippen molar-refractivity contribution in [1.82, 2.24) is 8.61 Å². The molecule has 0 radical (unpaired) electrons. The summed E-state index contributed by atoms with van der Waals surface area (Å²) >= 11 is 0. The maximum atomic E-state index is 12.6. The Balaban J connectivity index is 2.16. The molecule has 0 aliphatic carbocycles. The molecule has 1 heterocycles. The van der Waals surface area contributed by atoms with E-state index in [4.69, 9.17) is 9.84 Å². The topological polar surface area (TPSA) is 87.2 Å². The van der Waals surface area contributed by atoms with Gasteiger partial charge in [0.05, 0.1) is 7.11 Å². The van der Waals surface area contributed by atoms with Crippen LogP contribution < -0.4 is 4.74 Å². The number of carboxylic acids is 1. The molecule has 1 N–H and O–H groups in total. The molecule has 1 aromatic carbocycles. The molecule has 1 aliphatic rings.